The zero-order valence-electron chi connectivity index (χ0n) is 20.2. The lowest BCUT2D eigenvalue weighted by atomic mass is 9.87. The molecule has 0 spiro atoms. The van der Waals surface area contributed by atoms with Gasteiger partial charge in [0.15, 0.2) is 11.0 Å². The maximum Gasteiger partial charge on any atom is 0.281 e. The zero-order valence-corrected chi connectivity index (χ0v) is 21.8. The second-order valence-electron chi connectivity index (χ2n) is 9.08. The van der Waals surface area contributed by atoms with Crippen molar-refractivity contribution in [2.75, 3.05) is 11.2 Å². The van der Waals surface area contributed by atoms with Crippen LogP contribution < -0.4 is 11.0 Å². The van der Waals surface area contributed by atoms with Gasteiger partial charge in [-0.15, -0.1) is 21.5 Å². The first-order valence-corrected chi connectivity index (χ1v) is 12.8. The van der Waals surface area contributed by atoms with Gasteiger partial charge in [0.1, 0.15) is 11.2 Å². The van der Waals surface area contributed by atoms with Crippen LogP contribution in [0.3, 0.4) is 0 Å². The molecule has 4 rings (SSSR count). The Morgan fingerprint density at radius 1 is 1.15 bits per heavy atom. The molecule has 1 N–H and O–H groups in total. The van der Waals surface area contributed by atoms with Gasteiger partial charge < -0.3 is 4.57 Å². The van der Waals surface area contributed by atoms with Crippen LogP contribution in [-0.2, 0) is 16.8 Å². The fourth-order valence-corrected chi connectivity index (χ4v) is 5.41. The second kappa shape index (κ2) is 9.34. The summed E-state index contributed by atoms with van der Waals surface area (Å²) in [6, 6.07) is 8.34. The number of nitrogens with zero attached hydrogens (tertiary/aromatic N) is 5. The van der Waals surface area contributed by atoms with Gasteiger partial charge in [-0.05, 0) is 37.3 Å². The lowest BCUT2D eigenvalue weighted by Crippen LogP contribution is -2.34. The van der Waals surface area contributed by atoms with Crippen LogP contribution in [0, 0.1) is 13.8 Å². The summed E-state index contributed by atoms with van der Waals surface area (Å²) in [6.07, 6.45) is 1.36. The summed E-state index contributed by atoms with van der Waals surface area (Å²) in [7, 11) is 0. The maximum atomic E-state index is 12.8. The van der Waals surface area contributed by atoms with E-state index in [2.05, 4.69) is 65.6 Å². The van der Waals surface area contributed by atoms with Gasteiger partial charge >= 0.3 is 0 Å². The number of aromatic nitrogens is 5. The number of benzene rings is 1. The molecular formula is C24H28N6O2S2. The number of amides is 1. The van der Waals surface area contributed by atoms with Crippen LogP contribution in [0.5, 0.6) is 0 Å². The highest BCUT2D eigenvalue weighted by molar-refractivity contribution is 7.99. The van der Waals surface area contributed by atoms with Gasteiger partial charge in [-0.25, -0.2) is 9.66 Å². The van der Waals surface area contributed by atoms with E-state index in [1.54, 1.807) is 0 Å². The molecule has 178 valence electrons. The molecule has 0 radical (unpaired) electrons. The first kappa shape index (κ1) is 24.2. The number of hydrogen-bond acceptors (Lipinski definition) is 7. The van der Waals surface area contributed by atoms with Crippen LogP contribution in [0.15, 0.2) is 40.5 Å². The summed E-state index contributed by atoms with van der Waals surface area (Å²) in [5, 5.41) is 9.87. The van der Waals surface area contributed by atoms with Gasteiger partial charge in [0, 0.05) is 17.0 Å². The number of carbonyl (C=O) groups excluding carboxylic acids is 1. The highest BCUT2D eigenvalue weighted by atomic mass is 32.2. The number of aryl methyl sites for hydroxylation is 2. The molecule has 1 amide bonds. The smallest absolute Gasteiger partial charge is 0.281 e. The second-order valence-corrected chi connectivity index (χ2v) is 11.2. The fourth-order valence-electron chi connectivity index (χ4n) is 3.62. The first-order valence-electron chi connectivity index (χ1n) is 11.0. The molecule has 3 heterocycles. The molecule has 3 aromatic heterocycles. The summed E-state index contributed by atoms with van der Waals surface area (Å²) in [4.78, 5) is 31.4. The first-order chi connectivity index (χ1) is 16.1. The lowest BCUT2D eigenvalue weighted by Gasteiger charge is -2.19. The molecule has 0 bridgehead atoms. The summed E-state index contributed by atoms with van der Waals surface area (Å²) in [5.74, 6) is 0.535. The molecule has 4 aromatic rings. The summed E-state index contributed by atoms with van der Waals surface area (Å²) < 4.78 is 3.14. The van der Waals surface area contributed by atoms with Gasteiger partial charge in [-0.2, -0.15) is 0 Å². The average Bonchev–Trinajstić information content (AvgIpc) is 3.34. The van der Waals surface area contributed by atoms with Gasteiger partial charge in [0.05, 0.1) is 11.1 Å². The van der Waals surface area contributed by atoms with Gasteiger partial charge in [0.2, 0.25) is 5.91 Å². The van der Waals surface area contributed by atoms with Gasteiger partial charge in [-0.1, -0.05) is 56.8 Å². The number of thioether (sulfide) groups is 1. The number of rotatable bonds is 6. The third kappa shape index (κ3) is 4.65. The Hall–Kier alpha value is -2.98. The van der Waals surface area contributed by atoms with Crippen LogP contribution >= 0.6 is 23.1 Å². The van der Waals surface area contributed by atoms with Crippen molar-refractivity contribution in [1.29, 1.82) is 0 Å². The zero-order chi connectivity index (χ0) is 24.6. The van der Waals surface area contributed by atoms with E-state index in [1.165, 1.54) is 35.0 Å². The maximum absolute atomic E-state index is 12.8. The van der Waals surface area contributed by atoms with Gasteiger partial charge in [-0.3, -0.25) is 15.0 Å². The molecule has 8 nitrogen and oxygen atoms in total. The van der Waals surface area contributed by atoms with Gasteiger partial charge in [0.25, 0.3) is 5.56 Å². The van der Waals surface area contributed by atoms with Crippen LogP contribution in [0.4, 0.5) is 0 Å². The molecular weight excluding hydrogens is 468 g/mol. The van der Waals surface area contributed by atoms with Crippen molar-refractivity contribution >= 4 is 39.2 Å². The minimum Gasteiger partial charge on any atom is -0.302 e. The largest absolute Gasteiger partial charge is 0.302 e. The number of thiophene rings is 1. The SMILES string of the molecule is CCn1c(SCC(=O)Nn2cnc3sc(C)c(C)c3c2=O)nnc1-c1ccc(C(C)(C)C)cc1. The van der Waals surface area contributed by atoms with Crippen molar-refractivity contribution in [2.45, 2.75) is 58.7 Å². The van der Waals surface area contributed by atoms with E-state index in [0.29, 0.717) is 21.9 Å². The Labute approximate surface area is 206 Å². The molecule has 0 aliphatic rings. The molecule has 0 saturated heterocycles. The number of nitrogens with one attached hydrogen (secondary N) is 1. The van der Waals surface area contributed by atoms with Crippen LogP contribution in [0.25, 0.3) is 21.6 Å². The predicted molar refractivity (Wildman–Crippen MR) is 138 cm³/mol. The minimum atomic E-state index is -0.320. The van der Waals surface area contributed by atoms with Crippen molar-refractivity contribution in [3.05, 3.63) is 57.0 Å². The Balaban J connectivity index is 1.48. The normalized spacial score (nSPS) is 11.8. The van der Waals surface area contributed by atoms with E-state index in [1.807, 2.05) is 25.3 Å². The van der Waals surface area contributed by atoms with Crippen molar-refractivity contribution in [3.8, 4) is 11.4 Å². The Morgan fingerprint density at radius 2 is 1.85 bits per heavy atom. The topological polar surface area (TPSA) is 94.7 Å². The minimum absolute atomic E-state index is 0.0777. The quantitative estimate of drug-likeness (QED) is 0.395. The molecule has 0 aliphatic carbocycles. The van der Waals surface area contributed by atoms with E-state index >= 15 is 0 Å². The Bertz CT molecular complexity index is 1410. The van der Waals surface area contributed by atoms with Crippen molar-refractivity contribution in [3.63, 3.8) is 0 Å². The predicted octanol–water partition coefficient (Wildman–Crippen LogP) is 4.51. The summed E-state index contributed by atoms with van der Waals surface area (Å²) in [5.41, 5.74) is 5.56. The number of hydrogen-bond donors (Lipinski definition) is 1. The van der Waals surface area contributed by atoms with E-state index in [9.17, 15) is 9.59 Å². The van der Waals surface area contributed by atoms with E-state index < -0.39 is 0 Å². The molecule has 0 unspecified atom stereocenters. The van der Waals surface area contributed by atoms with E-state index in [-0.39, 0.29) is 22.6 Å². The molecule has 1 aromatic carbocycles. The third-order valence-electron chi connectivity index (χ3n) is 5.71. The lowest BCUT2D eigenvalue weighted by molar-refractivity contribution is -0.114. The van der Waals surface area contributed by atoms with Crippen LogP contribution in [0.1, 0.15) is 43.7 Å². The molecule has 0 aliphatic heterocycles. The van der Waals surface area contributed by atoms with E-state index in [4.69, 9.17) is 0 Å². The summed E-state index contributed by atoms with van der Waals surface area (Å²) in [6.45, 7) is 13.1. The fraction of sp³-hybridized carbons (Fsp3) is 0.375. The Morgan fingerprint density at radius 3 is 2.50 bits per heavy atom. The number of carbonyl (C=O) groups is 1. The molecule has 34 heavy (non-hydrogen) atoms. The highest BCUT2D eigenvalue weighted by Gasteiger charge is 2.18. The molecule has 0 fully saturated rings. The third-order valence-corrected chi connectivity index (χ3v) is 7.79. The Kier molecular flexibility index (Phi) is 6.64. The monoisotopic (exact) mass is 496 g/mol. The summed E-state index contributed by atoms with van der Waals surface area (Å²) >= 11 is 2.76. The van der Waals surface area contributed by atoms with E-state index in [0.717, 1.165) is 26.5 Å². The standard InChI is InChI=1S/C24H28N6O2S2/c1-7-29-20(16-8-10-17(11-9-16)24(4,5)6)26-27-23(29)33-12-18(31)28-30-13-25-21-19(22(30)32)14(2)15(3)34-21/h8-11,13H,7,12H2,1-6H3,(H,28,31). The molecule has 10 heteroatoms. The number of fused-ring (bicyclic) bond motifs is 1. The van der Waals surface area contributed by atoms with Crippen LogP contribution in [-0.4, -0.2) is 36.1 Å². The van der Waals surface area contributed by atoms with Crippen molar-refractivity contribution in [2.24, 2.45) is 0 Å². The van der Waals surface area contributed by atoms with Crippen LogP contribution in [0.2, 0.25) is 0 Å². The van der Waals surface area contributed by atoms with Crippen molar-refractivity contribution < 1.29 is 4.79 Å². The van der Waals surface area contributed by atoms with Crippen molar-refractivity contribution in [1.82, 2.24) is 24.4 Å². The average molecular weight is 497 g/mol. The highest BCUT2D eigenvalue weighted by Crippen LogP contribution is 2.28. The molecule has 0 atom stereocenters. The molecule has 0 saturated carbocycles.